The van der Waals surface area contributed by atoms with E-state index in [0.717, 1.165) is 16.9 Å². The predicted octanol–water partition coefficient (Wildman–Crippen LogP) is 5.61. The summed E-state index contributed by atoms with van der Waals surface area (Å²) in [5, 5.41) is 0. The molecule has 2 aromatic carbocycles. The number of ether oxygens (including phenoxy) is 4. The SMILES string of the molecule is CCOc1cc(OCC)c(/C=C/C(=O)c2ccc(OCOC(=O)C(C)(C)C)cc2)cc1C. The smallest absolute Gasteiger partial charge is 0.314 e. The van der Waals surface area contributed by atoms with E-state index in [1.807, 2.05) is 32.9 Å². The molecule has 6 nitrogen and oxygen atoms in total. The number of carbonyl (C=O) groups is 2. The summed E-state index contributed by atoms with van der Waals surface area (Å²) in [6.07, 6.45) is 3.25. The Morgan fingerprint density at radius 2 is 1.53 bits per heavy atom. The lowest BCUT2D eigenvalue weighted by molar-refractivity contribution is -0.159. The topological polar surface area (TPSA) is 71.1 Å². The predicted molar refractivity (Wildman–Crippen MR) is 124 cm³/mol. The van der Waals surface area contributed by atoms with E-state index >= 15 is 0 Å². The molecule has 0 aliphatic heterocycles. The van der Waals surface area contributed by atoms with Crippen molar-refractivity contribution in [1.82, 2.24) is 0 Å². The zero-order valence-corrected chi connectivity index (χ0v) is 19.7. The molecular formula is C26H32O6. The van der Waals surface area contributed by atoms with E-state index in [-0.39, 0.29) is 18.5 Å². The fraction of sp³-hybridized carbons (Fsp3) is 0.385. The molecule has 0 aliphatic carbocycles. The van der Waals surface area contributed by atoms with Gasteiger partial charge in [0.2, 0.25) is 6.79 Å². The van der Waals surface area contributed by atoms with Crippen LogP contribution in [-0.4, -0.2) is 31.8 Å². The molecule has 0 spiro atoms. The van der Waals surface area contributed by atoms with E-state index in [4.69, 9.17) is 18.9 Å². The zero-order chi connectivity index (χ0) is 23.7. The number of allylic oxidation sites excluding steroid dienone is 1. The molecule has 32 heavy (non-hydrogen) atoms. The van der Waals surface area contributed by atoms with Crippen LogP contribution in [0.5, 0.6) is 17.2 Å². The van der Waals surface area contributed by atoms with E-state index in [0.29, 0.717) is 30.3 Å². The number of esters is 1. The lowest BCUT2D eigenvalue weighted by Gasteiger charge is -2.16. The van der Waals surface area contributed by atoms with Gasteiger partial charge in [0.15, 0.2) is 5.78 Å². The van der Waals surface area contributed by atoms with Crippen molar-refractivity contribution in [3.8, 4) is 17.2 Å². The largest absolute Gasteiger partial charge is 0.493 e. The summed E-state index contributed by atoms with van der Waals surface area (Å²) in [6.45, 7) is 12.0. The maximum absolute atomic E-state index is 12.6. The quantitative estimate of drug-likeness (QED) is 0.207. The van der Waals surface area contributed by atoms with Crippen molar-refractivity contribution in [2.45, 2.75) is 41.5 Å². The molecule has 2 aromatic rings. The highest BCUT2D eigenvalue weighted by molar-refractivity contribution is 6.07. The van der Waals surface area contributed by atoms with Crippen molar-refractivity contribution in [2.75, 3.05) is 20.0 Å². The van der Waals surface area contributed by atoms with Crippen LogP contribution in [0.25, 0.3) is 6.08 Å². The van der Waals surface area contributed by atoms with Crippen LogP contribution >= 0.6 is 0 Å². The molecule has 0 saturated carbocycles. The van der Waals surface area contributed by atoms with Gasteiger partial charge < -0.3 is 18.9 Å². The Bertz CT molecular complexity index is 952. The second-order valence-electron chi connectivity index (χ2n) is 8.19. The molecule has 0 saturated heterocycles. The van der Waals surface area contributed by atoms with Crippen LogP contribution in [0.15, 0.2) is 42.5 Å². The van der Waals surface area contributed by atoms with Crippen LogP contribution < -0.4 is 14.2 Å². The maximum Gasteiger partial charge on any atom is 0.314 e. The summed E-state index contributed by atoms with van der Waals surface area (Å²) in [5.41, 5.74) is 1.70. The summed E-state index contributed by atoms with van der Waals surface area (Å²) in [6, 6.07) is 10.5. The molecule has 0 unspecified atom stereocenters. The van der Waals surface area contributed by atoms with Crippen molar-refractivity contribution < 1.29 is 28.5 Å². The van der Waals surface area contributed by atoms with Crippen LogP contribution in [0.2, 0.25) is 0 Å². The van der Waals surface area contributed by atoms with Gasteiger partial charge in [-0.05, 0) is 89.6 Å². The third-order valence-electron chi connectivity index (χ3n) is 4.49. The lowest BCUT2D eigenvalue weighted by Crippen LogP contribution is -2.24. The molecule has 0 N–H and O–H groups in total. The molecule has 2 rings (SSSR count). The Hall–Kier alpha value is -3.28. The van der Waals surface area contributed by atoms with Gasteiger partial charge in [-0.25, -0.2) is 0 Å². The maximum atomic E-state index is 12.6. The minimum absolute atomic E-state index is 0.148. The van der Waals surface area contributed by atoms with Gasteiger partial charge in [-0.1, -0.05) is 0 Å². The highest BCUT2D eigenvalue weighted by atomic mass is 16.7. The van der Waals surface area contributed by atoms with Crippen LogP contribution in [0, 0.1) is 12.3 Å². The Balaban J connectivity index is 2.04. The number of carbonyl (C=O) groups excluding carboxylic acids is 2. The number of rotatable bonds is 10. The third kappa shape index (κ3) is 7.15. The first kappa shape index (κ1) is 25.0. The molecule has 0 heterocycles. The Morgan fingerprint density at radius 1 is 0.906 bits per heavy atom. The molecule has 0 radical (unpaired) electrons. The number of aryl methyl sites for hydroxylation is 1. The molecule has 0 amide bonds. The fourth-order valence-electron chi connectivity index (χ4n) is 2.76. The van der Waals surface area contributed by atoms with Crippen molar-refractivity contribution >= 4 is 17.8 Å². The van der Waals surface area contributed by atoms with Gasteiger partial charge in [0.25, 0.3) is 0 Å². The second-order valence-corrected chi connectivity index (χ2v) is 8.19. The van der Waals surface area contributed by atoms with E-state index in [2.05, 4.69) is 0 Å². The first-order valence-corrected chi connectivity index (χ1v) is 10.7. The summed E-state index contributed by atoms with van der Waals surface area (Å²) in [5.74, 6) is 1.45. The molecule has 0 aliphatic rings. The standard InChI is InChI=1S/C26H32O6/c1-7-29-23-16-24(30-8-2)20(15-18(23)3)11-14-22(27)19-9-12-21(13-10-19)31-17-32-25(28)26(4,5)6/h9-16H,7-8,17H2,1-6H3/b14-11+. The highest BCUT2D eigenvalue weighted by Crippen LogP contribution is 2.30. The van der Waals surface area contributed by atoms with Crippen LogP contribution in [-0.2, 0) is 9.53 Å². The van der Waals surface area contributed by atoms with Gasteiger partial charge in [0.05, 0.1) is 18.6 Å². The number of hydrogen-bond donors (Lipinski definition) is 0. The van der Waals surface area contributed by atoms with Gasteiger partial charge >= 0.3 is 5.97 Å². The minimum atomic E-state index is -0.587. The van der Waals surface area contributed by atoms with Gasteiger partial charge in [-0.3, -0.25) is 9.59 Å². The van der Waals surface area contributed by atoms with Crippen LogP contribution in [0.4, 0.5) is 0 Å². The van der Waals surface area contributed by atoms with Gasteiger partial charge in [-0.2, -0.15) is 0 Å². The number of ketones is 1. The van der Waals surface area contributed by atoms with E-state index in [1.165, 1.54) is 6.08 Å². The summed E-state index contributed by atoms with van der Waals surface area (Å²) < 4.78 is 21.8. The molecule has 6 heteroatoms. The van der Waals surface area contributed by atoms with E-state index in [9.17, 15) is 9.59 Å². The number of benzene rings is 2. The fourth-order valence-corrected chi connectivity index (χ4v) is 2.76. The van der Waals surface area contributed by atoms with E-state index in [1.54, 1.807) is 51.1 Å². The third-order valence-corrected chi connectivity index (χ3v) is 4.49. The monoisotopic (exact) mass is 440 g/mol. The first-order valence-electron chi connectivity index (χ1n) is 10.7. The first-order chi connectivity index (χ1) is 15.2. The second kappa shape index (κ2) is 11.4. The van der Waals surface area contributed by atoms with Crippen molar-refractivity contribution in [3.63, 3.8) is 0 Å². The zero-order valence-electron chi connectivity index (χ0n) is 19.7. The van der Waals surface area contributed by atoms with Gasteiger partial charge in [0.1, 0.15) is 17.2 Å². The van der Waals surface area contributed by atoms with Crippen LogP contribution in [0.3, 0.4) is 0 Å². The Kier molecular flexibility index (Phi) is 8.88. The van der Waals surface area contributed by atoms with Gasteiger partial charge in [-0.15, -0.1) is 0 Å². The normalized spacial score (nSPS) is 11.3. The van der Waals surface area contributed by atoms with E-state index < -0.39 is 5.41 Å². The lowest BCUT2D eigenvalue weighted by atomic mass is 9.98. The molecule has 0 aromatic heterocycles. The molecular weight excluding hydrogens is 408 g/mol. The minimum Gasteiger partial charge on any atom is -0.493 e. The van der Waals surface area contributed by atoms with Crippen molar-refractivity contribution in [2.24, 2.45) is 5.41 Å². The average Bonchev–Trinajstić information content (AvgIpc) is 2.74. The molecule has 172 valence electrons. The summed E-state index contributed by atoms with van der Waals surface area (Å²) >= 11 is 0. The Morgan fingerprint density at radius 3 is 2.12 bits per heavy atom. The molecule has 0 fully saturated rings. The van der Waals surface area contributed by atoms with Crippen molar-refractivity contribution in [1.29, 1.82) is 0 Å². The average molecular weight is 441 g/mol. The van der Waals surface area contributed by atoms with Crippen molar-refractivity contribution in [3.05, 3.63) is 59.2 Å². The summed E-state index contributed by atoms with van der Waals surface area (Å²) in [7, 11) is 0. The molecule has 0 bridgehead atoms. The van der Waals surface area contributed by atoms with Gasteiger partial charge in [0, 0.05) is 17.2 Å². The highest BCUT2D eigenvalue weighted by Gasteiger charge is 2.23. The summed E-state index contributed by atoms with van der Waals surface area (Å²) in [4.78, 5) is 24.4. The number of hydrogen-bond acceptors (Lipinski definition) is 6. The molecule has 0 atom stereocenters. The Labute approximate surface area is 190 Å². The van der Waals surface area contributed by atoms with Crippen LogP contribution in [0.1, 0.15) is 56.1 Å².